The van der Waals surface area contributed by atoms with Crippen molar-refractivity contribution in [1.82, 2.24) is 0 Å². The molecule has 0 amide bonds. The zero-order valence-corrected chi connectivity index (χ0v) is 8.82. The molecule has 1 aliphatic carbocycles. The highest BCUT2D eigenvalue weighted by molar-refractivity contribution is 5.29. The first-order chi connectivity index (χ1) is 7.36. The molecule has 15 heavy (non-hydrogen) atoms. The highest BCUT2D eigenvalue weighted by Crippen LogP contribution is 2.16. The first-order valence-electron chi connectivity index (χ1n) is 5.47. The van der Waals surface area contributed by atoms with Gasteiger partial charge in [-0.3, -0.25) is 0 Å². The van der Waals surface area contributed by atoms with Crippen LogP contribution in [0.2, 0.25) is 0 Å². The summed E-state index contributed by atoms with van der Waals surface area (Å²) in [5, 5.41) is 9.81. The van der Waals surface area contributed by atoms with Crippen LogP contribution in [0.5, 0.6) is 0 Å². The van der Waals surface area contributed by atoms with Crippen LogP contribution >= 0.6 is 0 Å². The van der Waals surface area contributed by atoms with Gasteiger partial charge in [0.15, 0.2) is 0 Å². The van der Waals surface area contributed by atoms with Crippen LogP contribution in [0.1, 0.15) is 24.0 Å². The molecule has 1 aliphatic rings. The molecule has 1 atom stereocenters. The Morgan fingerprint density at radius 1 is 1.13 bits per heavy atom. The smallest absolute Gasteiger partial charge is 0.0615 e. The Hall–Kier alpha value is -1.08. The van der Waals surface area contributed by atoms with Gasteiger partial charge in [0.2, 0.25) is 0 Å². The summed E-state index contributed by atoms with van der Waals surface area (Å²) in [7, 11) is 0. The minimum Gasteiger partial charge on any atom is -0.392 e. The van der Waals surface area contributed by atoms with E-state index in [1.54, 1.807) is 0 Å². The van der Waals surface area contributed by atoms with Gasteiger partial charge >= 0.3 is 0 Å². The molecule has 1 aromatic carbocycles. The van der Waals surface area contributed by atoms with Gasteiger partial charge in [0.25, 0.3) is 0 Å². The molecule has 0 saturated heterocycles. The van der Waals surface area contributed by atoms with Crippen LogP contribution in [0.25, 0.3) is 0 Å². The fourth-order valence-electron chi connectivity index (χ4n) is 1.89. The molecule has 0 fully saturated rings. The van der Waals surface area contributed by atoms with Crippen molar-refractivity contribution in [3.8, 4) is 0 Å². The second-order valence-electron chi connectivity index (χ2n) is 3.96. The van der Waals surface area contributed by atoms with E-state index in [4.69, 9.17) is 0 Å². The number of aliphatic hydroxyl groups is 1. The number of hydrogen-bond acceptors (Lipinski definition) is 1. The summed E-state index contributed by atoms with van der Waals surface area (Å²) in [5.41, 5.74) is 2.56. The highest BCUT2D eigenvalue weighted by atomic mass is 16.3. The Kier molecular flexibility index (Phi) is 3.57. The highest BCUT2D eigenvalue weighted by Gasteiger charge is 2.08. The van der Waals surface area contributed by atoms with Crippen molar-refractivity contribution in [2.24, 2.45) is 0 Å². The lowest BCUT2D eigenvalue weighted by atomic mass is 9.95. The standard InChI is InChI=1S/C14H16O/c15-14-10-4-2-1-3-7-12-8-5-6-9-13(12)11-14/h2,4-6,8-9,14-15H,1,7,10-11H2/b4-2-. The van der Waals surface area contributed by atoms with Gasteiger partial charge in [0.05, 0.1) is 6.10 Å². The normalized spacial score (nSPS) is 24.2. The molecule has 0 aromatic heterocycles. The number of hydrogen-bond donors (Lipinski definition) is 1. The first-order valence-corrected chi connectivity index (χ1v) is 5.47. The Morgan fingerprint density at radius 3 is 2.80 bits per heavy atom. The largest absolute Gasteiger partial charge is 0.392 e. The van der Waals surface area contributed by atoms with E-state index in [0.717, 1.165) is 25.7 Å². The third-order valence-electron chi connectivity index (χ3n) is 2.73. The fourth-order valence-corrected chi connectivity index (χ4v) is 1.89. The molecule has 0 saturated carbocycles. The molecule has 1 unspecified atom stereocenters. The summed E-state index contributed by atoms with van der Waals surface area (Å²) < 4.78 is 0. The Bertz CT molecular complexity index is 341. The van der Waals surface area contributed by atoms with Crippen LogP contribution in [0.4, 0.5) is 0 Å². The monoisotopic (exact) mass is 200 g/mol. The predicted octanol–water partition coefficient (Wildman–Crippen LogP) is 2.56. The van der Waals surface area contributed by atoms with Crippen molar-refractivity contribution in [2.45, 2.75) is 31.8 Å². The van der Waals surface area contributed by atoms with Crippen molar-refractivity contribution in [3.05, 3.63) is 54.0 Å². The second-order valence-corrected chi connectivity index (χ2v) is 3.96. The Morgan fingerprint density at radius 2 is 1.93 bits per heavy atom. The van der Waals surface area contributed by atoms with E-state index in [1.165, 1.54) is 11.1 Å². The van der Waals surface area contributed by atoms with Gasteiger partial charge in [-0.1, -0.05) is 36.4 Å². The minimum atomic E-state index is -0.250. The van der Waals surface area contributed by atoms with Gasteiger partial charge in [-0.25, -0.2) is 0 Å². The predicted molar refractivity (Wildman–Crippen MR) is 61.5 cm³/mol. The van der Waals surface area contributed by atoms with E-state index in [0.29, 0.717) is 0 Å². The summed E-state index contributed by atoms with van der Waals surface area (Å²) >= 11 is 0. The summed E-state index contributed by atoms with van der Waals surface area (Å²) in [6.07, 6.45) is 10.5. The zero-order chi connectivity index (χ0) is 10.5. The van der Waals surface area contributed by atoms with Crippen molar-refractivity contribution in [1.29, 1.82) is 0 Å². The van der Waals surface area contributed by atoms with Crippen molar-refractivity contribution >= 4 is 0 Å². The van der Waals surface area contributed by atoms with E-state index >= 15 is 0 Å². The number of fused-ring (bicyclic) bond motifs is 1. The third kappa shape index (κ3) is 2.93. The number of rotatable bonds is 0. The molecule has 0 heterocycles. The van der Waals surface area contributed by atoms with Crippen LogP contribution in [-0.2, 0) is 12.8 Å². The van der Waals surface area contributed by atoms with Crippen LogP contribution in [0.15, 0.2) is 36.4 Å². The number of aliphatic hydroxyl groups excluding tert-OH is 1. The fraction of sp³-hybridized carbons (Fsp3) is 0.357. The summed E-state index contributed by atoms with van der Waals surface area (Å²) in [4.78, 5) is 0. The van der Waals surface area contributed by atoms with E-state index in [2.05, 4.69) is 30.7 Å². The molecule has 1 aromatic rings. The maximum Gasteiger partial charge on any atom is 0.0615 e. The molecule has 0 spiro atoms. The van der Waals surface area contributed by atoms with Crippen LogP contribution in [0.3, 0.4) is 0 Å². The average molecular weight is 200 g/mol. The van der Waals surface area contributed by atoms with Crippen LogP contribution in [-0.4, -0.2) is 11.2 Å². The van der Waals surface area contributed by atoms with E-state index in [1.807, 2.05) is 12.1 Å². The van der Waals surface area contributed by atoms with Gasteiger partial charge in [0.1, 0.15) is 0 Å². The Labute approximate surface area is 91.4 Å². The topological polar surface area (TPSA) is 20.2 Å². The maximum absolute atomic E-state index is 9.81. The molecule has 1 heteroatoms. The number of allylic oxidation sites excluding steroid dienone is 1. The van der Waals surface area contributed by atoms with Gasteiger partial charge in [0, 0.05) is 0 Å². The molecule has 1 N–H and O–H groups in total. The van der Waals surface area contributed by atoms with E-state index in [-0.39, 0.29) is 6.10 Å². The second kappa shape index (κ2) is 5.13. The van der Waals surface area contributed by atoms with Crippen molar-refractivity contribution < 1.29 is 5.11 Å². The molecule has 2 radical (unpaired) electrons. The summed E-state index contributed by atoms with van der Waals surface area (Å²) in [6, 6.07) is 8.31. The van der Waals surface area contributed by atoms with Gasteiger partial charge < -0.3 is 5.11 Å². The maximum atomic E-state index is 9.81. The molecule has 78 valence electrons. The van der Waals surface area contributed by atoms with Crippen LogP contribution in [0, 0.1) is 6.42 Å². The molecule has 0 bridgehead atoms. The van der Waals surface area contributed by atoms with Crippen molar-refractivity contribution in [2.75, 3.05) is 0 Å². The first kappa shape index (κ1) is 10.4. The summed E-state index contributed by atoms with van der Waals surface area (Å²) in [6.45, 7) is 0. The quantitative estimate of drug-likeness (QED) is 0.638. The third-order valence-corrected chi connectivity index (χ3v) is 2.73. The average Bonchev–Trinajstić information content (AvgIpc) is 2.25. The number of benzene rings is 1. The molecule has 2 rings (SSSR count). The zero-order valence-electron chi connectivity index (χ0n) is 8.82. The lowest BCUT2D eigenvalue weighted by molar-refractivity contribution is 0.178. The summed E-state index contributed by atoms with van der Waals surface area (Å²) in [5.74, 6) is 0. The van der Waals surface area contributed by atoms with Crippen molar-refractivity contribution in [3.63, 3.8) is 0 Å². The SMILES string of the molecule is OC1C/C=C\C[C]Cc2ccccc2C1. The molecular formula is C14H16O. The lowest BCUT2D eigenvalue weighted by Crippen LogP contribution is -2.11. The molecule has 1 nitrogen and oxygen atoms in total. The van der Waals surface area contributed by atoms with E-state index in [9.17, 15) is 5.11 Å². The van der Waals surface area contributed by atoms with Crippen LogP contribution < -0.4 is 0 Å². The van der Waals surface area contributed by atoms with Gasteiger partial charge in [-0.2, -0.15) is 0 Å². The minimum absolute atomic E-state index is 0.250. The Balaban J connectivity index is 2.19. The molecular weight excluding hydrogens is 184 g/mol. The molecule has 0 aliphatic heterocycles. The van der Waals surface area contributed by atoms with E-state index < -0.39 is 0 Å². The van der Waals surface area contributed by atoms with Gasteiger partial charge in [-0.15, -0.1) is 0 Å². The lowest BCUT2D eigenvalue weighted by Gasteiger charge is -2.13. The van der Waals surface area contributed by atoms with Gasteiger partial charge in [-0.05, 0) is 43.2 Å².